The highest BCUT2D eigenvalue weighted by Crippen LogP contribution is 2.29. The van der Waals surface area contributed by atoms with Gasteiger partial charge in [0.1, 0.15) is 0 Å². The second-order valence-electron chi connectivity index (χ2n) is 5.15. The molecule has 0 radical (unpaired) electrons. The maximum absolute atomic E-state index is 5.91. The van der Waals surface area contributed by atoms with Gasteiger partial charge in [0.15, 0.2) is 0 Å². The molecule has 1 aliphatic rings. The molecular weight excluding hydrogens is 254 g/mol. The molecule has 0 saturated carbocycles. The Kier molecular flexibility index (Phi) is 3.86. The minimum absolute atomic E-state index is 0.487. The Labute approximate surface area is 119 Å². The van der Waals surface area contributed by atoms with Crippen LogP contribution < -0.4 is 5.32 Å². The van der Waals surface area contributed by atoms with Gasteiger partial charge in [0.2, 0.25) is 0 Å². The first-order chi connectivity index (χ1) is 9.33. The molecule has 19 heavy (non-hydrogen) atoms. The summed E-state index contributed by atoms with van der Waals surface area (Å²) in [5, 5.41) is 4.47. The first kappa shape index (κ1) is 12.7. The van der Waals surface area contributed by atoms with Crippen LogP contribution in [0.3, 0.4) is 0 Å². The monoisotopic (exact) mass is 271 g/mol. The fourth-order valence-corrected chi connectivity index (χ4v) is 2.94. The van der Waals surface area contributed by atoms with Crippen LogP contribution in [0, 0.1) is 0 Å². The van der Waals surface area contributed by atoms with Crippen LogP contribution >= 0.6 is 11.6 Å². The summed E-state index contributed by atoms with van der Waals surface area (Å²) >= 11 is 5.91. The third-order valence-corrected chi connectivity index (χ3v) is 4.09. The van der Waals surface area contributed by atoms with Crippen LogP contribution in [0.2, 0.25) is 5.02 Å². The molecule has 0 amide bonds. The molecular formula is C17H18ClN. The number of aryl methyl sites for hydroxylation is 1. The van der Waals surface area contributed by atoms with Crippen LogP contribution in [0.1, 0.15) is 35.6 Å². The van der Waals surface area contributed by atoms with E-state index in [0.717, 1.165) is 11.6 Å². The zero-order valence-electron chi connectivity index (χ0n) is 10.9. The summed E-state index contributed by atoms with van der Waals surface area (Å²) in [5.74, 6) is 0. The molecule has 2 heteroatoms. The van der Waals surface area contributed by atoms with Gasteiger partial charge >= 0.3 is 0 Å². The van der Waals surface area contributed by atoms with Gasteiger partial charge in [-0.1, -0.05) is 48.0 Å². The van der Waals surface area contributed by atoms with Crippen LogP contribution in [0.5, 0.6) is 0 Å². The molecule has 1 aliphatic carbocycles. The standard InChI is InChI=1S/C17H18ClN/c18-15-10-8-13(9-11-15)12-19-17-7-3-5-14-4-1-2-6-16(14)17/h1-2,4,6,8-11,17,19H,3,5,7,12H2. The van der Waals surface area contributed by atoms with Gasteiger partial charge in [-0.05, 0) is 48.1 Å². The summed E-state index contributed by atoms with van der Waals surface area (Å²) in [5.41, 5.74) is 4.26. The maximum Gasteiger partial charge on any atom is 0.0406 e. The number of halogens is 1. The molecule has 1 atom stereocenters. The summed E-state index contributed by atoms with van der Waals surface area (Å²) in [4.78, 5) is 0. The Morgan fingerprint density at radius 1 is 1.05 bits per heavy atom. The molecule has 2 aromatic carbocycles. The summed E-state index contributed by atoms with van der Waals surface area (Å²) in [6.45, 7) is 0.899. The minimum Gasteiger partial charge on any atom is -0.306 e. The third kappa shape index (κ3) is 2.99. The molecule has 1 nitrogen and oxygen atoms in total. The van der Waals surface area contributed by atoms with E-state index in [1.807, 2.05) is 12.1 Å². The van der Waals surface area contributed by atoms with Gasteiger partial charge in [0.05, 0.1) is 0 Å². The summed E-state index contributed by atoms with van der Waals surface area (Å²) < 4.78 is 0. The molecule has 0 bridgehead atoms. The van der Waals surface area contributed by atoms with Gasteiger partial charge in [-0.25, -0.2) is 0 Å². The van der Waals surface area contributed by atoms with Gasteiger partial charge in [0.25, 0.3) is 0 Å². The molecule has 0 spiro atoms. The summed E-state index contributed by atoms with van der Waals surface area (Å²) in [6.07, 6.45) is 3.72. The first-order valence-corrected chi connectivity index (χ1v) is 7.26. The van der Waals surface area contributed by atoms with E-state index < -0.39 is 0 Å². The van der Waals surface area contributed by atoms with E-state index >= 15 is 0 Å². The lowest BCUT2D eigenvalue weighted by Gasteiger charge is -2.26. The van der Waals surface area contributed by atoms with Crippen LogP contribution in [0.4, 0.5) is 0 Å². The maximum atomic E-state index is 5.91. The fourth-order valence-electron chi connectivity index (χ4n) is 2.81. The molecule has 1 unspecified atom stereocenters. The number of hydrogen-bond donors (Lipinski definition) is 1. The zero-order chi connectivity index (χ0) is 13.1. The first-order valence-electron chi connectivity index (χ1n) is 6.88. The van der Waals surface area contributed by atoms with E-state index in [1.165, 1.54) is 36.0 Å². The zero-order valence-corrected chi connectivity index (χ0v) is 11.7. The lowest BCUT2D eigenvalue weighted by molar-refractivity contribution is 0.459. The van der Waals surface area contributed by atoms with Crippen molar-refractivity contribution in [2.75, 3.05) is 0 Å². The highest BCUT2D eigenvalue weighted by atomic mass is 35.5. The molecule has 0 fully saturated rings. The van der Waals surface area contributed by atoms with E-state index in [9.17, 15) is 0 Å². The Hall–Kier alpha value is -1.31. The van der Waals surface area contributed by atoms with Crippen molar-refractivity contribution in [3.8, 4) is 0 Å². The van der Waals surface area contributed by atoms with Crippen LogP contribution in [0.15, 0.2) is 48.5 Å². The van der Waals surface area contributed by atoms with E-state index in [2.05, 4.69) is 41.7 Å². The highest BCUT2D eigenvalue weighted by Gasteiger charge is 2.18. The summed E-state index contributed by atoms with van der Waals surface area (Å²) in [6, 6.07) is 17.4. The fraction of sp³-hybridized carbons (Fsp3) is 0.294. The van der Waals surface area contributed by atoms with Crippen molar-refractivity contribution >= 4 is 11.6 Å². The number of rotatable bonds is 3. The molecule has 1 N–H and O–H groups in total. The van der Waals surface area contributed by atoms with E-state index in [1.54, 1.807) is 0 Å². The van der Waals surface area contributed by atoms with Crippen molar-refractivity contribution in [1.82, 2.24) is 5.32 Å². The largest absolute Gasteiger partial charge is 0.306 e. The van der Waals surface area contributed by atoms with Crippen molar-refractivity contribution in [1.29, 1.82) is 0 Å². The summed E-state index contributed by atoms with van der Waals surface area (Å²) in [7, 11) is 0. The number of hydrogen-bond acceptors (Lipinski definition) is 1. The van der Waals surface area contributed by atoms with Crippen molar-refractivity contribution in [3.63, 3.8) is 0 Å². The smallest absolute Gasteiger partial charge is 0.0406 e. The SMILES string of the molecule is Clc1ccc(CNC2CCCc3ccccc32)cc1. The second-order valence-corrected chi connectivity index (χ2v) is 5.59. The predicted molar refractivity (Wildman–Crippen MR) is 80.4 cm³/mol. The number of nitrogens with one attached hydrogen (secondary N) is 1. The van der Waals surface area contributed by atoms with Gasteiger partial charge in [-0.2, -0.15) is 0 Å². The molecule has 0 aromatic heterocycles. The van der Waals surface area contributed by atoms with Gasteiger partial charge in [-0.3, -0.25) is 0 Å². The van der Waals surface area contributed by atoms with Crippen molar-refractivity contribution in [2.45, 2.75) is 31.8 Å². The van der Waals surface area contributed by atoms with E-state index in [4.69, 9.17) is 11.6 Å². The highest BCUT2D eigenvalue weighted by molar-refractivity contribution is 6.30. The van der Waals surface area contributed by atoms with E-state index in [0.29, 0.717) is 6.04 Å². The predicted octanol–water partition coefficient (Wildman–Crippen LogP) is 4.51. The van der Waals surface area contributed by atoms with Crippen molar-refractivity contribution in [3.05, 3.63) is 70.2 Å². The average molecular weight is 272 g/mol. The quantitative estimate of drug-likeness (QED) is 0.866. The Bertz CT molecular complexity index is 547. The molecule has 0 saturated heterocycles. The lowest BCUT2D eigenvalue weighted by Crippen LogP contribution is -2.24. The topological polar surface area (TPSA) is 12.0 Å². The molecule has 98 valence electrons. The van der Waals surface area contributed by atoms with E-state index in [-0.39, 0.29) is 0 Å². The van der Waals surface area contributed by atoms with Crippen molar-refractivity contribution < 1.29 is 0 Å². The molecule has 2 aromatic rings. The van der Waals surface area contributed by atoms with Crippen LogP contribution in [-0.2, 0) is 13.0 Å². The van der Waals surface area contributed by atoms with Gasteiger partial charge < -0.3 is 5.32 Å². The second kappa shape index (κ2) is 5.77. The average Bonchev–Trinajstić information content (AvgIpc) is 2.47. The number of fused-ring (bicyclic) bond motifs is 1. The normalized spacial score (nSPS) is 18.1. The Balaban J connectivity index is 1.69. The van der Waals surface area contributed by atoms with Gasteiger partial charge in [-0.15, -0.1) is 0 Å². The van der Waals surface area contributed by atoms with Crippen LogP contribution in [0.25, 0.3) is 0 Å². The molecule has 0 aliphatic heterocycles. The number of benzene rings is 2. The molecule has 0 heterocycles. The third-order valence-electron chi connectivity index (χ3n) is 3.84. The van der Waals surface area contributed by atoms with Crippen molar-refractivity contribution in [2.24, 2.45) is 0 Å². The minimum atomic E-state index is 0.487. The Morgan fingerprint density at radius 3 is 2.68 bits per heavy atom. The molecule has 3 rings (SSSR count). The van der Waals surface area contributed by atoms with Gasteiger partial charge in [0, 0.05) is 17.6 Å². The Morgan fingerprint density at radius 2 is 1.84 bits per heavy atom. The lowest BCUT2D eigenvalue weighted by atomic mass is 9.87. The van der Waals surface area contributed by atoms with Crippen LogP contribution in [-0.4, -0.2) is 0 Å².